The van der Waals surface area contributed by atoms with Crippen molar-refractivity contribution in [1.82, 2.24) is 5.32 Å². The van der Waals surface area contributed by atoms with Gasteiger partial charge in [-0.25, -0.2) is 4.79 Å². The van der Waals surface area contributed by atoms with E-state index in [-0.39, 0.29) is 18.2 Å². The fourth-order valence-electron chi connectivity index (χ4n) is 3.93. The lowest BCUT2D eigenvalue weighted by Gasteiger charge is -2.34. The number of rotatable bonds is 5. The lowest BCUT2D eigenvalue weighted by atomic mass is 9.81. The summed E-state index contributed by atoms with van der Waals surface area (Å²) in [5, 5.41) is 12.4. The van der Waals surface area contributed by atoms with Gasteiger partial charge in [-0.05, 0) is 37.0 Å². The molecule has 1 aromatic carbocycles. The molecular weight excluding hydrogens is 332 g/mol. The van der Waals surface area contributed by atoms with Gasteiger partial charge < -0.3 is 15.3 Å². The molecule has 1 atom stereocenters. The van der Waals surface area contributed by atoms with Crippen molar-refractivity contribution in [3.63, 3.8) is 0 Å². The summed E-state index contributed by atoms with van der Waals surface area (Å²) in [6, 6.07) is 7.77. The molecule has 2 N–H and O–H groups in total. The lowest BCUT2D eigenvalue weighted by molar-refractivity contribution is -0.149. The highest BCUT2D eigenvalue weighted by molar-refractivity contribution is 6.01. The highest BCUT2D eigenvalue weighted by Crippen LogP contribution is 2.31. The highest BCUT2D eigenvalue weighted by Gasteiger charge is 2.44. The number of carboxylic acids is 1. The molecule has 0 bridgehead atoms. The van der Waals surface area contributed by atoms with Crippen LogP contribution in [0.25, 0.3) is 0 Å². The van der Waals surface area contributed by atoms with Crippen molar-refractivity contribution >= 4 is 23.5 Å². The van der Waals surface area contributed by atoms with Crippen molar-refractivity contribution < 1.29 is 19.5 Å². The number of benzene rings is 1. The number of carboxylic acid groups (broad SMARTS) is 1. The summed E-state index contributed by atoms with van der Waals surface area (Å²) >= 11 is 0. The van der Waals surface area contributed by atoms with Crippen LogP contribution in [0.2, 0.25) is 0 Å². The van der Waals surface area contributed by atoms with E-state index in [1.807, 2.05) is 24.3 Å². The SMILES string of the molecule is CCc1ccc(N2C[C@H](C(=O)NC3(C(=O)O)CCCCC3)CC2=O)cc1. The predicted molar refractivity (Wildman–Crippen MR) is 97.9 cm³/mol. The predicted octanol–water partition coefficient (Wildman–Crippen LogP) is 2.51. The molecule has 2 fully saturated rings. The third kappa shape index (κ3) is 3.59. The summed E-state index contributed by atoms with van der Waals surface area (Å²) in [6.45, 7) is 2.37. The molecule has 2 amide bonds. The van der Waals surface area contributed by atoms with E-state index in [0.717, 1.165) is 31.4 Å². The molecule has 0 radical (unpaired) electrons. The number of aryl methyl sites for hydroxylation is 1. The van der Waals surface area contributed by atoms with Gasteiger partial charge in [0.05, 0.1) is 5.92 Å². The summed E-state index contributed by atoms with van der Waals surface area (Å²) in [4.78, 5) is 38.4. The van der Waals surface area contributed by atoms with Gasteiger partial charge >= 0.3 is 5.97 Å². The average Bonchev–Trinajstić information content (AvgIpc) is 3.04. The van der Waals surface area contributed by atoms with Crippen molar-refractivity contribution in [3.8, 4) is 0 Å². The minimum atomic E-state index is -1.17. The Bertz CT molecular complexity index is 692. The summed E-state index contributed by atoms with van der Waals surface area (Å²) in [5.41, 5.74) is 0.803. The molecule has 0 aromatic heterocycles. The zero-order valence-corrected chi connectivity index (χ0v) is 15.2. The van der Waals surface area contributed by atoms with Gasteiger partial charge in [-0.3, -0.25) is 9.59 Å². The average molecular weight is 358 g/mol. The summed E-state index contributed by atoms with van der Waals surface area (Å²) in [7, 11) is 0. The molecule has 1 aliphatic heterocycles. The smallest absolute Gasteiger partial charge is 0.329 e. The van der Waals surface area contributed by atoms with Gasteiger partial charge in [0, 0.05) is 18.7 Å². The molecule has 2 aliphatic rings. The molecule has 1 saturated heterocycles. The third-order valence-corrected chi connectivity index (χ3v) is 5.63. The second-order valence-electron chi connectivity index (χ2n) is 7.36. The molecular formula is C20H26N2O4. The topological polar surface area (TPSA) is 86.7 Å². The first-order valence-corrected chi connectivity index (χ1v) is 9.40. The van der Waals surface area contributed by atoms with Gasteiger partial charge in [0.25, 0.3) is 0 Å². The summed E-state index contributed by atoms with van der Waals surface area (Å²) < 4.78 is 0. The van der Waals surface area contributed by atoms with Gasteiger partial charge in [0.2, 0.25) is 11.8 Å². The molecule has 0 spiro atoms. The summed E-state index contributed by atoms with van der Waals surface area (Å²) in [6.07, 6.45) is 4.55. The first-order valence-electron chi connectivity index (χ1n) is 9.40. The molecule has 1 aliphatic carbocycles. The first-order chi connectivity index (χ1) is 12.4. The van der Waals surface area contributed by atoms with Gasteiger partial charge in [-0.2, -0.15) is 0 Å². The van der Waals surface area contributed by atoms with Crippen molar-refractivity contribution in [2.45, 2.75) is 57.4 Å². The van der Waals surface area contributed by atoms with Crippen LogP contribution in [0.15, 0.2) is 24.3 Å². The number of nitrogens with zero attached hydrogens (tertiary/aromatic N) is 1. The first kappa shape index (κ1) is 18.4. The van der Waals surface area contributed by atoms with Crippen LogP contribution < -0.4 is 10.2 Å². The minimum absolute atomic E-state index is 0.0950. The largest absolute Gasteiger partial charge is 0.480 e. The van der Waals surface area contributed by atoms with Crippen LogP contribution in [-0.2, 0) is 20.8 Å². The summed E-state index contributed by atoms with van der Waals surface area (Å²) in [5.74, 6) is -1.90. The Morgan fingerprint density at radius 3 is 2.42 bits per heavy atom. The molecule has 1 saturated carbocycles. The fraction of sp³-hybridized carbons (Fsp3) is 0.550. The van der Waals surface area contributed by atoms with Gasteiger partial charge in [-0.15, -0.1) is 0 Å². The van der Waals surface area contributed by atoms with Crippen LogP contribution in [0.1, 0.15) is 51.0 Å². The van der Waals surface area contributed by atoms with E-state index in [9.17, 15) is 19.5 Å². The quantitative estimate of drug-likeness (QED) is 0.847. The van der Waals surface area contributed by atoms with E-state index >= 15 is 0 Å². The van der Waals surface area contributed by atoms with Gasteiger partial charge in [0.1, 0.15) is 5.54 Å². The Hall–Kier alpha value is -2.37. The van der Waals surface area contributed by atoms with E-state index in [1.54, 1.807) is 4.90 Å². The van der Waals surface area contributed by atoms with Crippen LogP contribution in [-0.4, -0.2) is 35.0 Å². The third-order valence-electron chi connectivity index (χ3n) is 5.63. The second kappa shape index (κ2) is 7.48. The monoisotopic (exact) mass is 358 g/mol. The molecule has 0 unspecified atom stereocenters. The maximum absolute atomic E-state index is 12.7. The Morgan fingerprint density at radius 2 is 1.85 bits per heavy atom. The maximum Gasteiger partial charge on any atom is 0.329 e. The Balaban J connectivity index is 1.69. The number of anilines is 1. The van der Waals surface area contributed by atoms with Crippen molar-refractivity contribution in [3.05, 3.63) is 29.8 Å². The maximum atomic E-state index is 12.7. The van der Waals surface area contributed by atoms with Gasteiger partial charge in [-0.1, -0.05) is 38.3 Å². The Labute approximate surface area is 153 Å². The zero-order valence-electron chi connectivity index (χ0n) is 15.2. The second-order valence-corrected chi connectivity index (χ2v) is 7.36. The van der Waals surface area contributed by atoms with E-state index in [4.69, 9.17) is 0 Å². The normalized spacial score (nSPS) is 22.3. The number of nitrogens with one attached hydrogen (secondary N) is 1. The highest BCUT2D eigenvalue weighted by atomic mass is 16.4. The van der Waals surface area contributed by atoms with Gasteiger partial charge in [0.15, 0.2) is 0 Å². The lowest BCUT2D eigenvalue weighted by Crippen LogP contribution is -2.57. The van der Waals surface area contributed by atoms with Crippen LogP contribution in [0.3, 0.4) is 0 Å². The number of amides is 2. The number of hydrogen-bond acceptors (Lipinski definition) is 3. The molecule has 1 aromatic rings. The zero-order chi connectivity index (χ0) is 18.7. The van der Waals surface area contributed by atoms with E-state index in [0.29, 0.717) is 19.4 Å². The van der Waals surface area contributed by atoms with E-state index in [1.165, 1.54) is 5.56 Å². The number of carbonyl (C=O) groups excluding carboxylic acids is 2. The molecule has 3 rings (SSSR count). The van der Waals surface area contributed by atoms with Crippen LogP contribution in [0.5, 0.6) is 0 Å². The van der Waals surface area contributed by atoms with E-state index in [2.05, 4.69) is 12.2 Å². The molecule has 6 heteroatoms. The van der Waals surface area contributed by atoms with Crippen LogP contribution in [0, 0.1) is 5.92 Å². The number of aliphatic carboxylic acids is 1. The molecule has 1 heterocycles. The van der Waals surface area contributed by atoms with Crippen LogP contribution >= 0.6 is 0 Å². The van der Waals surface area contributed by atoms with Crippen molar-refractivity contribution in [1.29, 1.82) is 0 Å². The van der Waals surface area contributed by atoms with E-state index < -0.39 is 17.4 Å². The van der Waals surface area contributed by atoms with Crippen LogP contribution in [0.4, 0.5) is 5.69 Å². The standard InChI is InChI=1S/C20H26N2O4/c1-2-14-6-8-16(9-7-14)22-13-15(12-17(22)23)18(24)21-20(19(25)26)10-4-3-5-11-20/h6-9,15H,2-5,10-13H2,1H3,(H,21,24)(H,25,26)/t15-/m1/s1. The fourth-order valence-corrected chi connectivity index (χ4v) is 3.93. The van der Waals surface area contributed by atoms with Crippen molar-refractivity contribution in [2.75, 3.05) is 11.4 Å². The Kier molecular flexibility index (Phi) is 5.30. The number of hydrogen-bond donors (Lipinski definition) is 2. The Morgan fingerprint density at radius 1 is 1.19 bits per heavy atom. The minimum Gasteiger partial charge on any atom is -0.480 e. The molecule has 26 heavy (non-hydrogen) atoms. The van der Waals surface area contributed by atoms with Crippen molar-refractivity contribution in [2.24, 2.45) is 5.92 Å². The number of carbonyl (C=O) groups is 3. The molecule has 140 valence electrons. The molecule has 6 nitrogen and oxygen atoms in total.